The average molecular weight is 273 g/mol. The summed E-state index contributed by atoms with van der Waals surface area (Å²) in [5.74, 6) is -0.560. The van der Waals surface area contributed by atoms with Crippen molar-refractivity contribution in [3.05, 3.63) is 24.0 Å². The van der Waals surface area contributed by atoms with Gasteiger partial charge in [0, 0.05) is 25.7 Å². The lowest BCUT2D eigenvalue weighted by Gasteiger charge is -2.33. The van der Waals surface area contributed by atoms with Crippen LogP contribution in [0.4, 0.5) is 10.1 Å². The van der Waals surface area contributed by atoms with E-state index in [0.717, 1.165) is 12.6 Å². The smallest absolute Gasteiger partial charge is 0.238 e. The number of hydrogen-bond donors (Lipinski definition) is 2. The molecule has 0 aromatic heterocycles. The second-order valence-electron chi connectivity index (χ2n) is 4.46. The number of sulfonamides is 1. The molecule has 0 radical (unpaired) electrons. The summed E-state index contributed by atoms with van der Waals surface area (Å²) in [7, 11) is -3.85. The van der Waals surface area contributed by atoms with Crippen LogP contribution in [0.15, 0.2) is 23.1 Å². The summed E-state index contributed by atoms with van der Waals surface area (Å²) in [5, 5.41) is 8.21. The topological polar surface area (TPSA) is 75.4 Å². The number of piperazine rings is 1. The molecule has 1 aromatic carbocycles. The van der Waals surface area contributed by atoms with Crippen LogP contribution in [0, 0.1) is 5.82 Å². The summed E-state index contributed by atoms with van der Waals surface area (Å²) in [5.41, 5.74) is 0.413. The number of anilines is 1. The van der Waals surface area contributed by atoms with Crippen LogP contribution in [0.1, 0.15) is 6.92 Å². The van der Waals surface area contributed by atoms with Gasteiger partial charge in [0.25, 0.3) is 0 Å². The minimum atomic E-state index is -3.85. The first-order valence-electron chi connectivity index (χ1n) is 5.68. The molecule has 0 bridgehead atoms. The van der Waals surface area contributed by atoms with Gasteiger partial charge in [0.15, 0.2) is 0 Å². The highest BCUT2D eigenvalue weighted by atomic mass is 32.2. The average Bonchev–Trinajstić information content (AvgIpc) is 2.27. The Morgan fingerprint density at radius 1 is 1.50 bits per heavy atom. The van der Waals surface area contributed by atoms with Gasteiger partial charge in [0.2, 0.25) is 10.0 Å². The molecule has 7 heteroatoms. The Labute approximate surface area is 106 Å². The standard InChI is InChI=1S/C11H16FN3O2S/c1-8-7-15(5-4-14-8)11-3-2-9(6-10(11)12)18(13,16)17/h2-3,6,8,14H,4-5,7H2,1H3,(H2,13,16,17). The largest absolute Gasteiger partial charge is 0.366 e. The van der Waals surface area contributed by atoms with E-state index in [1.807, 2.05) is 11.8 Å². The van der Waals surface area contributed by atoms with E-state index in [-0.39, 0.29) is 10.9 Å². The van der Waals surface area contributed by atoms with Crippen LogP contribution in [0.5, 0.6) is 0 Å². The van der Waals surface area contributed by atoms with Gasteiger partial charge in [-0.05, 0) is 25.1 Å². The summed E-state index contributed by atoms with van der Waals surface area (Å²) in [6.07, 6.45) is 0. The fourth-order valence-corrected chi connectivity index (χ4v) is 2.60. The zero-order valence-electron chi connectivity index (χ0n) is 10.1. The maximum Gasteiger partial charge on any atom is 0.238 e. The van der Waals surface area contributed by atoms with Crippen molar-refractivity contribution >= 4 is 15.7 Å². The Hall–Kier alpha value is -1.18. The number of nitrogens with zero attached hydrogens (tertiary/aromatic N) is 1. The van der Waals surface area contributed by atoms with Crippen LogP contribution in [-0.4, -0.2) is 34.1 Å². The summed E-state index contributed by atoms with van der Waals surface area (Å²) in [6, 6.07) is 4.04. The van der Waals surface area contributed by atoms with Gasteiger partial charge in [-0.2, -0.15) is 0 Å². The van der Waals surface area contributed by atoms with Gasteiger partial charge in [-0.3, -0.25) is 0 Å². The van der Waals surface area contributed by atoms with E-state index in [9.17, 15) is 12.8 Å². The predicted molar refractivity (Wildman–Crippen MR) is 67.5 cm³/mol. The molecule has 0 saturated carbocycles. The molecule has 1 unspecified atom stereocenters. The summed E-state index contributed by atoms with van der Waals surface area (Å²) >= 11 is 0. The molecule has 1 heterocycles. The Morgan fingerprint density at radius 3 is 2.78 bits per heavy atom. The van der Waals surface area contributed by atoms with Crippen molar-refractivity contribution in [2.45, 2.75) is 17.9 Å². The summed E-state index contributed by atoms with van der Waals surface area (Å²) in [6.45, 7) is 4.17. The second-order valence-corrected chi connectivity index (χ2v) is 6.02. The molecule has 1 aliphatic rings. The van der Waals surface area contributed by atoms with E-state index in [1.165, 1.54) is 12.1 Å². The molecule has 1 atom stereocenters. The number of primary sulfonamides is 1. The van der Waals surface area contributed by atoms with Gasteiger partial charge in [0.1, 0.15) is 5.82 Å². The molecule has 1 aliphatic heterocycles. The van der Waals surface area contributed by atoms with E-state index in [0.29, 0.717) is 18.8 Å². The fraction of sp³-hybridized carbons (Fsp3) is 0.455. The van der Waals surface area contributed by atoms with Crippen molar-refractivity contribution in [3.8, 4) is 0 Å². The molecule has 18 heavy (non-hydrogen) atoms. The third kappa shape index (κ3) is 2.80. The van der Waals surface area contributed by atoms with Crippen LogP contribution >= 0.6 is 0 Å². The van der Waals surface area contributed by atoms with Crippen LogP contribution in [0.25, 0.3) is 0 Å². The third-order valence-corrected chi connectivity index (χ3v) is 3.87. The van der Waals surface area contributed by atoms with E-state index in [4.69, 9.17) is 5.14 Å². The van der Waals surface area contributed by atoms with Crippen molar-refractivity contribution in [3.63, 3.8) is 0 Å². The Kier molecular flexibility index (Phi) is 3.56. The predicted octanol–water partition coefficient (Wildman–Crippen LogP) is 0.271. The zero-order chi connectivity index (χ0) is 13.3. The molecule has 0 aliphatic carbocycles. The SMILES string of the molecule is CC1CN(c2ccc(S(N)(=O)=O)cc2F)CCN1. The van der Waals surface area contributed by atoms with Crippen molar-refractivity contribution in [1.29, 1.82) is 0 Å². The van der Waals surface area contributed by atoms with Crippen LogP contribution < -0.4 is 15.4 Å². The van der Waals surface area contributed by atoms with E-state index in [1.54, 1.807) is 0 Å². The maximum absolute atomic E-state index is 13.9. The van der Waals surface area contributed by atoms with Crippen molar-refractivity contribution < 1.29 is 12.8 Å². The molecule has 5 nitrogen and oxygen atoms in total. The molecule has 1 saturated heterocycles. The van der Waals surface area contributed by atoms with Gasteiger partial charge in [0.05, 0.1) is 10.6 Å². The third-order valence-electron chi connectivity index (χ3n) is 2.96. The first kappa shape index (κ1) is 13.3. The lowest BCUT2D eigenvalue weighted by atomic mass is 10.2. The van der Waals surface area contributed by atoms with Crippen LogP contribution in [0.3, 0.4) is 0 Å². The highest BCUT2D eigenvalue weighted by molar-refractivity contribution is 7.89. The lowest BCUT2D eigenvalue weighted by Crippen LogP contribution is -2.49. The van der Waals surface area contributed by atoms with Crippen LogP contribution in [-0.2, 0) is 10.0 Å². The van der Waals surface area contributed by atoms with Gasteiger partial charge in [-0.1, -0.05) is 0 Å². The van der Waals surface area contributed by atoms with Gasteiger partial charge in [-0.15, -0.1) is 0 Å². The first-order valence-corrected chi connectivity index (χ1v) is 7.23. The zero-order valence-corrected chi connectivity index (χ0v) is 10.9. The van der Waals surface area contributed by atoms with Gasteiger partial charge in [-0.25, -0.2) is 17.9 Å². The minimum Gasteiger partial charge on any atom is -0.366 e. The molecule has 100 valence electrons. The number of rotatable bonds is 2. The normalized spacial score (nSPS) is 21.1. The lowest BCUT2D eigenvalue weighted by molar-refractivity contribution is 0.478. The number of halogens is 1. The van der Waals surface area contributed by atoms with Gasteiger partial charge < -0.3 is 10.2 Å². The summed E-state index contributed by atoms with van der Waals surface area (Å²) < 4.78 is 36.1. The molecule has 1 fully saturated rings. The molecular formula is C11H16FN3O2S. The van der Waals surface area contributed by atoms with Gasteiger partial charge >= 0.3 is 0 Å². The number of nitrogens with two attached hydrogens (primary N) is 1. The fourth-order valence-electron chi connectivity index (χ4n) is 2.07. The van der Waals surface area contributed by atoms with Crippen molar-refractivity contribution in [2.75, 3.05) is 24.5 Å². The van der Waals surface area contributed by atoms with Crippen LogP contribution in [0.2, 0.25) is 0 Å². The number of hydrogen-bond acceptors (Lipinski definition) is 4. The first-order chi connectivity index (χ1) is 8.38. The van der Waals surface area contributed by atoms with E-state index in [2.05, 4.69) is 5.32 Å². The molecule has 0 amide bonds. The molecule has 2 rings (SSSR count). The number of nitrogens with one attached hydrogen (secondary N) is 1. The van der Waals surface area contributed by atoms with E-state index < -0.39 is 15.8 Å². The Bertz CT molecular complexity index is 547. The molecule has 0 spiro atoms. The Balaban J connectivity index is 2.30. The van der Waals surface area contributed by atoms with Crippen molar-refractivity contribution in [1.82, 2.24) is 5.32 Å². The minimum absolute atomic E-state index is 0.202. The van der Waals surface area contributed by atoms with Crippen molar-refractivity contribution in [2.24, 2.45) is 5.14 Å². The summed E-state index contributed by atoms with van der Waals surface area (Å²) in [4.78, 5) is 1.69. The quantitative estimate of drug-likeness (QED) is 0.811. The Morgan fingerprint density at radius 2 is 2.22 bits per heavy atom. The molecular weight excluding hydrogens is 257 g/mol. The molecule has 1 aromatic rings. The maximum atomic E-state index is 13.9. The number of benzene rings is 1. The highest BCUT2D eigenvalue weighted by Crippen LogP contribution is 2.23. The monoisotopic (exact) mass is 273 g/mol. The second kappa shape index (κ2) is 4.83. The highest BCUT2D eigenvalue weighted by Gasteiger charge is 2.20. The van der Waals surface area contributed by atoms with E-state index >= 15 is 0 Å². The molecule has 3 N–H and O–H groups in total.